The molecule has 2 aromatic heterocycles. The Morgan fingerprint density at radius 1 is 1.26 bits per heavy atom. The van der Waals surface area contributed by atoms with Crippen LogP contribution in [0.3, 0.4) is 0 Å². The average Bonchev–Trinajstić information content (AvgIpc) is 3.30. The molecule has 0 spiro atoms. The highest BCUT2D eigenvalue weighted by molar-refractivity contribution is 7.98. The van der Waals surface area contributed by atoms with E-state index in [0.29, 0.717) is 35.8 Å². The van der Waals surface area contributed by atoms with Gasteiger partial charge in [0.1, 0.15) is 24.1 Å². The van der Waals surface area contributed by atoms with Gasteiger partial charge in [-0.3, -0.25) is 13.7 Å². The summed E-state index contributed by atoms with van der Waals surface area (Å²) in [5, 5.41) is 24.3. The summed E-state index contributed by atoms with van der Waals surface area (Å²) >= 11 is 1.68. The number of imidazole rings is 1. The predicted octanol–water partition coefficient (Wildman–Crippen LogP) is 1.51. The number of unbranched alkanes of at least 4 members (excludes halogenated alkanes) is 1. The van der Waals surface area contributed by atoms with E-state index in [-0.39, 0.29) is 0 Å². The SMILES string of the molecule is CCCCc1nc(NCCSC)c2ncn([C@@H]3O[C@H](COP(=O)(O)OP(C)(=O)O)[C@@H](O)[C@H]3O)c2n1. The number of ether oxygens (including phenoxy) is 1. The van der Waals surface area contributed by atoms with Crippen LogP contribution in [0.25, 0.3) is 11.2 Å². The Kier molecular flexibility index (Phi) is 9.71. The highest BCUT2D eigenvalue weighted by Crippen LogP contribution is 2.58. The number of aryl methyl sites for hydroxylation is 1. The van der Waals surface area contributed by atoms with E-state index in [1.54, 1.807) is 11.8 Å². The van der Waals surface area contributed by atoms with Gasteiger partial charge in [0.25, 0.3) is 0 Å². The number of hydrogen-bond acceptors (Lipinski definition) is 12. The monoisotopic (exact) mass is 555 g/mol. The molecule has 0 radical (unpaired) electrons. The summed E-state index contributed by atoms with van der Waals surface area (Å²) in [6.45, 7) is 2.76. The standard InChI is InChI=1S/C18H31N5O9P2S/c1-4-5-6-12-21-16(19-7-8-35-3)13-17(22-12)23(10-20-13)18-15(25)14(24)11(31-18)9-30-34(28,29)32-33(2,26)27/h10-11,14-15,18,24-25H,4-9H2,1-3H3,(H,26,27)(H,28,29)(H,19,21,22)/t11-,14-,15-,18-/m1/s1. The van der Waals surface area contributed by atoms with Crippen molar-refractivity contribution < 1.29 is 42.7 Å². The summed E-state index contributed by atoms with van der Waals surface area (Å²) in [5.41, 5.74) is 0.852. The average molecular weight is 555 g/mol. The molecule has 17 heteroatoms. The van der Waals surface area contributed by atoms with Gasteiger partial charge in [0.2, 0.25) is 0 Å². The lowest BCUT2D eigenvalue weighted by Gasteiger charge is -2.18. The summed E-state index contributed by atoms with van der Waals surface area (Å²) in [6.07, 6.45) is 0.555. The number of phosphoric ester groups is 1. The fourth-order valence-electron chi connectivity index (χ4n) is 3.47. The molecule has 35 heavy (non-hydrogen) atoms. The van der Waals surface area contributed by atoms with Crippen LogP contribution in [0.1, 0.15) is 31.8 Å². The maximum Gasteiger partial charge on any atom is 0.479 e. The van der Waals surface area contributed by atoms with Crippen LogP contribution in [0.4, 0.5) is 5.82 Å². The Labute approximate surface area is 206 Å². The minimum atomic E-state index is -4.90. The zero-order valence-electron chi connectivity index (χ0n) is 19.6. The highest BCUT2D eigenvalue weighted by atomic mass is 32.2. The molecule has 1 saturated heterocycles. The number of thioether (sulfide) groups is 1. The molecule has 0 saturated carbocycles. The molecular weight excluding hydrogens is 524 g/mol. The molecule has 5 N–H and O–H groups in total. The summed E-state index contributed by atoms with van der Waals surface area (Å²) in [7, 11) is -9.21. The molecule has 0 aliphatic carbocycles. The quantitative estimate of drug-likeness (QED) is 0.176. The van der Waals surface area contributed by atoms with Gasteiger partial charge >= 0.3 is 15.4 Å². The van der Waals surface area contributed by atoms with E-state index >= 15 is 0 Å². The summed E-state index contributed by atoms with van der Waals surface area (Å²) < 4.78 is 39.2. The first-order chi connectivity index (χ1) is 16.5. The molecule has 0 aromatic carbocycles. The van der Waals surface area contributed by atoms with E-state index in [2.05, 4.69) is 31.5 Å². The molecule has 14 nitrogen and oxygen atoms in total. The number of rotatable bonds is 13. The summed E-state index contributed by atoms with van der Waals surface area (Å²) in [4.78, 5) is 32.3. The van der Waals surface area contributed by atoms with Crippen LogP contribution in [0.15, 0.2) is 6.33 Å². The van der Waals surface area contributed by atoms with Gasteiger partial charge in [-0.05, 0) is 12.7 Å². The molecule has 1 aliphatic rings. The van der Waals surface area contributed by atoms with Crippen molar-refractivity contribution >= 4 is 44.2 Å². The largest absolute Gasteiger partial charge is 0.479 e. The minimum absolute atomic E-state index is 0.388. The number of aliphatic hydroxyl groups excluding tert-OH is 2. The van der Waals surface area contributed by atoms with Crippen LogP contribution in [0, 0.1) is 0 Å². The normalized spacial score (nSPS) is 26.0. The van der Waals surface area contributed by atoms with E-state index in [4.69, 9.17) is 14.2 Å². The Morgan fingerprint density at radius 2 is 2.00 bits per heavy atom. The second-order valence-electron chi connectivity index (χ2n) is 8.03. The number of anilines is 1. The zero-order chi connectivity index (χ0) is 25.8. The van der Waals surface area contributed by atoms with Gasteiger partial charge in [-0.25, -0.2) is 23.8 Å². The maximum atomic E-state index is 11.9. The third-order valence-electron chi connectivity index (χ3n) is 5.09. The molecule has 3 heterocycles. The Hall–Kier alpha value is -1.12. The van der Waals surface area contributed by atoms with E-state index in [0.717, 1.165) is 25.3 Å². The van der Waals surface area contributed by atoms with Gasteiger partial charge in [0.05, 0.1) is 12.9 Å². The van der Waals surface area contributed by atoms with Crippen LogP contribution in [-0.2, 0) is 29.1 Å². The lowest BCUT2D eigenvalue weighted by molar-refractivity contribution is -0.0501. The maximum absolute atomic E-state index is 11.9. The topological polar surface area (TPSA) is 198 Å². The van der Waals surface area contributed by atoms with Crippen molar-refractivity contribution in [2.45, 2.75) is 50.7 Å². The van der Waals surface area contributed by atoms with Crippen LogP contribution < -0.4 is 5.32 Å². The molecule has 6 atom stereocenters. The predicted molar refractivity (Wildman–Crippen MR) is 129 cm³/mol. The fourth-order valence-corrected chi connectivity index (χ4v) is 5.83. The van der Waals surface area contributed by atoms with Gasteiger partial charge in [-0.15, -0.1) is 0 Å². The highest BCUT2D eigenvalue weighted by Gasteiger charge is 2.46. The molecule has 1 aliphatic heterocycles. The van der Waals surface area contributed by atoms with Crippen LogP contribution in [0.2, 0.25) is 0 Å². The first-order valence-corrected chi connectivity index (χ1v) is 15.8. The van der Waals surface area contributed by atoms with Gasteiger partial charge in [0.15, 0.2) is 23.2 Å². The third-order valence-corrected chi connectivity index (χ3v) is 8.21. The van der Waals surface area contributed by atoms with Gasteiger partial charge in [0, 0.05) is 25.4 Å². The van der Waals surface area contributed by atoms with Crippen molar-refractivity contribution in [3.05, 3.63) is 12.2 Å². The molecule has 198 valence electrons. The number of aromatic nitrogens is 4. The molecule has 0 bridgehead atoms. The molecular formula is C18H31N5O9P2S. The second kappa shape index (κ2) is 12.0. The van der Waals surface area contributed by atoms with Crippen molar-refractivity contribution in [2.75, 3.05) is 37.1 Å². The fraction of sp³-hybridized carbons (Fsp3) is 0.722. The van der Waals surface area contributed by atoms with Crippen molar-refractivity contribution in [1.29, 1.82) is 0 Å². The van der Waals surface area contributed by atoms with Crippen molar-refractivity contribution in [3.63, 3.8) is 0 Å². The molecule has 2 unspecified atom stereocenters. The number of nitrogens with one attached hydrogen (secondary N) is 1. The number of fused-ring (bicyclic) bond motifs is 1. The van der Waals surface area contributed by atoms with Gasteiger partial charge in [-0.1, -0.05) is 13.3 Å². The smallest absolute Gasteiger partial charge is 0.387 e. The Balaban J connectivity index is 1.84. The van der Waals surface area contributed by atoms with Crippen molar-refractivity contribution in [2.24, 2.45) is 0 Å². The molecule has 1 fully saturated rings. The minimum Gasteiger partial charge on any atom is -0.387 e. The number of hydrogen-bond donors (Lipinski definition) is 5. The van der Waals surface area contributed by atoms with E-state index < -0.39 is 46.6 Å². The second-order valence-corrected chi connectivity index (χ2v) is 12.5. The van der Waals surface area contributed by atoms with Crippen LogP contribution in [-0.4, -0.2) is 89.7 Å². The van der Waals surface area contributed by atoms with Crippen LogP contribution >= 0.6 is 27.2 Å². The number of phosphoric acid groups is 1. The Morgan fingerprint density at radius 3 is 2.66 bits per heavy atom. The van der Waals surface area contributed by atoms with Crippen LogP contribution in [0.5, 0.6) is 0 Å². The van der Waals surface area contributed by atoms with E-state index in [1.165, 1.54) is 10.9 Å². The zero-order valence-corrected chi connectivity index (χ0v) is 22.2. The molecule has 0 amide bonds. The number of aliphatic hydroxyl groups is 2. The first-order valence-electron chi connectivity index (χ1n) is 10.9. The Bertz CT molecular complexity index is 1100. The number of nitrogens with zero attached hydrogens (tertiary/aromatic N) is 4. The summed E-state index contributed by atoms with van der Waals surface area (Å²) in [6, 6.07) is 0. The van der Waals surface area contributed by atoms with Gasteiger partial charge in [-0.2, -0.15) is 11.8 Å². The van der Waals surface area contributed by atoms with Crippen molar-refractivity contribution in [3.8, 4) is 0 Å². The lowest BCUT2D eigenvalue weighted by atomic mass is 10.1. The molecule has 2 aromatic rings. The summed E-state index contributed by atoms with van der Waals surface area (Å²) in [5.74, 6) is 2.00. The lowest BCUT2D eigenvalue weighted by Crippen LogP contribution is -2.33. The first kappa shape index (κ1) is 28.5. The van der Waals surface area contributed by atoms with Gasteiger partial charge < -0.3 is 30.1 Å². The molecule has 3 rings (SSSR count). The third kappa shape index (κ3) is 7.45. The van der Waals surface area contributed by atoms with Crippen molar-refractivity contribution in [1.82, 2.24) is 19.5 Å². The van der Waals surface area contributed by atoms with E-state index in [9.17, 15) is 24.2 Å². The van der Waals surface area contributed by atoms with E-state index in [1.807, 2.05) is 6.26 Å².